The Morgan fingerprint density at radius 1 is 1.40 bits per heavy atom. The van der Waals surface area contributed by atoms with Crippen molar-refractivity contribution in [3.63, 3.8) is 0 Å². The van der Waals surface area contributed by atoms with Gasteiger partial charge in [0.15, 0.2) is 0 Å². The van der Waals surface area contributed by atoms with E-state index in [1.165, 1.54) is 25.9 Å². The lowest BCUT2D eigenvalue weighted by atomic mass is 9.84. The van der Waals surface area contributed by atoms with Gasteiger partial charge in [-0.05, 0) is 50.0 Å². The fourth-order valence-corrected chi connectivity index (χ4v) is 3.30. The maximum Gasteiger partial charge on any atom is 0.248 e. The lowest BCUT2D eigenvalue weighted by Gasteiger charge is -2.45. The van der Waals surface area contributed by atoms with Crippen LogP contribution in [0.2, 0.25) is 0 Å². The van der Waals surface area contributed by atoms with Crippen LogP contribution in [-0.4, -0.2) is 43.6 Å². The second-order valence-corrected chi connectivity index (χ2v) is 5.67. The zero-order valence-electron chi connectivity index (χ0n) is 11.8. The molecule has 0 aromatic heterocycles. The normalized spacial score (nSPS) is 28.1. The van der Waals surface area contributed by atoms with E-state index in [1.54, 1.807) is 25.3 Å². The summed E-state index contributed by atoms with van der Waals surface area (Å²) in [5, 5.41) is 3.55. The third-order valence-electron chi connectivity index (χ3n) is 4.48. The summed E-state index contributed by atoms with van der Waals surface area (Å²) in [6.07, 6.45) is 2.49. The largest absolute Gasteiger partial charge is 0.495 e. The molecule has 1 atom stereocenters. The van der Waals surface area contributed by atoms with Crippen LogP contribution in [0.3, 0.4) is 0 Å². The monoisotopic (exact) mass is 275 g/mol. The standard InChI is InChI=1S/C15H21N3O2/c1-20-14-3-2-11(15(16)19)8-12(14)17-13-9-18-6-4-10(13)5-7-18/h2-3,8,10,13,17H,4-7,9H2,1H3,(H2,16,19). The number of hydrogen-bond donors (Lipinski definition) is 2. The number of fused-ring (bicyclic) bond motifs is 3. The van der Waals surface area contributed by atoms with Crippen molar-refractivity contribution in [3.05, 3.63) is 23.8 Å². The van der Waals surface area contributed by atoms with E-state index in [2.05, 4.69) is 10.2 Å². The molecule has 3 fully saturated rings. The Morgan fingerprint density at radius 2 is 2.15 bits per heavy atom. The van der Waals surface area contributed by atoms with Gasteiger partial charge >= 0.3 is 0 Å². The van der Waals surface area contributed by atoms with Gasteiger partial charge in [-0.15, -0.1) is 0 Å². The lowest BCUT2D eigenvalue weighted by molar-refractivity contribution is 0.0973. The van der Waals surface area contributed by atoms with Gasteiger partial charge in [0.2, 0.25) is 5.91 Å². The number of carbonyl (C=O) groups is 1. The maximum absolute atomic E-state index is 11.3. The second-order valence-electron chi connectivity index (χ2n) is 5.67. The maximum atomic E-state index is 11.3. The predicted octanol–water partition coefficient (Wildman–Crippen LogP) is 1.30. The van der Waals surface area contributed by atoms with E-state index in [9.17, 15) is 4.79 Å². The number of anilines is 1. The summed E-state index contributed by atoms with van der Waals surface area (Å²) < 4.78 is 5.37. The first kappa shape index (κ1) is 13.2. The van der Waals surface area contributed by atoms with Crippen molar-refractivity contribution >= 4 is 11.6 Å². The number of nitrogens with zero attached hydrogens (tertiary/aromatic N) is 1. The average Bonchev–Trinajstić information content (AvgIpc) is 2.48. The number of nitrogens with two attached hydrogens (primary N) is 1. The van der Waals surface area contributed by atoms with E-state index in [0.29, 0.717) is 17.5 Å². The third-order valence-corrected chi connectivity index (χ3v) is 4.48. The Morgan fingerprint density at radius 3 is 2.70 bits per heavy atom. The molecule has 1 unspecified atom stereocenters. The first-order valence-corrected chi connectivity index (χ1v) is 7.14. The van der Waals surface area contributed by atoms with Crippen molar-refractivity contribution in [2.24, 2.45) is 11.7 Å². The Kier molecular flexibility index (Phi) is 3.53. The molecule has 0 spiro atoms. The number of primary amides is 1. The van der Waals surface area contributed by atoms with Crippen LogP contribution in [0, 0.1) is 5.92 Å². The molecule has 3 heterocycles. The quantitative estimate of drug-likeness (QED) is 0.869. The molecule has 1 aromatic rings. The first-order chi connectivity index (χ1) is 9.67. The highest BCUT2D eigenvalue weighted by atomic mass is 16.5. The van der Waals surface area contributed by atoms with Crippen LogP contribution in [0.25, 0.3) is 0 Å². The Bertz CT molecular complexity index is 510. The summed E-state index contributed by atoms with van der Waals surface area (Å²) in [6, 6.07) is 5.71. The van der Waals surface area contributed by atoms with Crippen LogP contribution in [0.4, 0.5) is 5.69 Å². The molecule has 3 aliphatic heterocycles. The number of carbonyl (C=O) groups excluding carboxylic acids is 1. The summed E-state index contributed by atoms with van der Waals surface area (Å²) >= 11 is 0. The van der Waals surface area contributed by atoms with Gasteiger partial charge in [-0.25, -0.2) is 0 Å². The van der Waals surface area contributed by atoms with Crippen LogP contribution in [0.1, 0.15) is 23.2 Å². The number of ether oxygens (including phenoxy) is 1. The van der Waals surface area contributed by atoms with Gasteiger partial charge in [-0.2, -0.15) is 0 Å². The molecule has 5 heteroatoms. The Balaban J connectivity index is 1.82. The molecule has 0 radical (unpaired) electrons. The van der Waals surface area contributed by atoms with Crippen LogP contribution in [0.15, 0.2) is 18.2 Å². The number of methoxy groups -OCH3 is 1. The molecule has 3 N–H and O–H groups in total. The van der Waals surface area contributed by atoms with Crippen molar-refractivity contribution in [2.45, 2.75) is 18.9 Å². The SMILES string of the molecule is COc1ccc(C(N)=O)cc1NC1CN2CCC1CC2. The van der Waals surface area contributed by atoms with Gasteiger partial charge in [0, 0.05) is 18.2 Å². The number of benzene rings is 1. The molecule has 5 nitrogen and oxygen atoms in total. The van der Waals surface area contributed by atoms with Crippen molar-refractivity contribution < 1.29 is 9.53 Å². The fraction of sp³-hybridized carbons (Fsp3) is 0.533. The molecule has 0 saturated carbocycles. The van der Waals surface area contributed by atoms with Crippen molar-refractivity contribution in [1.82, 2.24) is 4.90 Å². The highest BCUT2D eigenvalue weighted by Crippen LogP contribution is 2.33. The molecular formula is C15H21N3O2. The van der Waals surface area contributed by atoms with E-state index in [-0.39, 0.29) is 0 Å². The zero-order valence-corrected chi connectivity index (χ0v) is 11.8. The predicted molar refractivity (Wildman–Crippen MR) is 78.1 cm³/mol. The second kappa shape index (κ2) is 5.32. The topological polar surface area (TPSA) is 67.6 Å². The van der Waals surface area contributed by atoms with Crippen LogP contribution in [-0.2, 0) is 0 Å². The smallest absolute Gasteiger partial charge is 0.248 e. The number of nitrogens with one attached hydrogen (secondary N) is 1. The highest BCUT2D eigenvalue weighted by Gasteiger charge is 2.34. The van der Waals surface area contributed by atoms with E-state index < -0.39 is 5.91 Å². The van der Waals surface area contributed by atoms with Gasteiger partial charge in [0.05, 0.1) is 12.8 Å². The van der Waals surface area contributed by atoms with Crippen LogP contribution < -0.4 is 15.8 Å². The molecule has 108 valence electrons. The minimum absolute atomic E-state index is 0.412. The Hall–Kier alpha value is -1.75. The molecular weight excluding hydrogens is 254 g/mol. The van der Waals surface area contributed by atoms with Gasteiger partial charge in [-0.1, -0.05) is 0 Å². The van der Waals surface area contributed by atoms with Crippen LogP contribution in [0.5, 0.6) is 5.75 Å². The molecule has 4 rings (SSSR count). The van der Waals surface area contributed by atoms with Gasteiger partial charge in [-0.3, -0.25) is 4.79 Å². The molecule has 1 aromatic carbocycles. The van der Waals surface area contributed by atoms with E-state index >= 15 is 0 Å². The van der Waals surface area contributed by atoms with Crippen molar-refractivity contribution in [2.75, 3.05) is 32.1 Å². The molecule has 0 aliphatic carbocycles. The summed E-state index contributed by atoms with van der Waals surface area (Å²) in [7, 11) is 1.64. The third kappa shape index (κ3) is 2.45. The minimum Gasteiger partial charge on any atom is -0.495 e. The van der Waals surface area contributed by atoms with E-state index in [0.717, 1.165) is 18.0 Å². The number of amides is 1. The number of rotatable bonds is 4. The van der Waals surface area contributed by atoms with Crippen molar-refractivity contribution in [3.8, 4) is 5.75 Å². The molecule has 2 bridgehead atoms. The lowest BCUT2D eigenvalue weighted by Crippen LogP contribution is -2.53. The zero-order chi connectivity index (χ0) is 14.1. The van der Waals surface area contributed by atoms with E-state index in [1.807, 2.05) is 0 Å². The van der Waals surface area contributed by atoms with Gasteiger partial charge in [0.25, 0.3) is 0 Å². The van der Waals surface area contributed by atoms with Crippen molar-refractivity contribution in [1.29, 1.82) is 0 Å². The molecule has 3 aliphatic rings. The summed E-state index contributed by atoms with van der Waals surface area (Å²) in [5.41, 5.74) is 6.72. The number of piperidine rings is 3. The average molecular weight is 275 g/mol. The molecule has 1 amide bonds. The summed E-state index contributed by atoms with van der Waals surface area (Å²) in [4.78, 5) is 13.8. The molecule has 3 saturated heterocycles. The number of hydrogen-bond acceptors (Lipinski definition) is 4. The van der Waals surface area contributed by atoms with Gasteiger partial charge < -0.3 is 20.7 Å². The summed E-state index contributed by atoms with van der Waals surface area (Å²) in [5.74, 6) is 1.05. The van der Waals surface area contributed by atoms with Gasteiger partial charge in [0.1, 0.15) is 5.75 Å². The highest BCUT2D eigenvalue weighted by molar-refractivity contribution is 5.94. The van der Waals surface area contributed by atoms with Crippen LogP contribution >= 0.6 is 0 Å². The first-order valence-electron chi connectivity index (χ1n) is 7.14. The fourth-order valence-electron chi connectivity index (χ4n) is 3.30. The minimum atomic E-state index is -0.412. The summed E-state index contributed by atoms with van der Waals surface area (Å²) in [6.45, 7) is 3.48. The Labute approximate surface area is 119 Å². The molecule has 20 heavy (non-hydrogen) atoms. The van der Waals surface area contributed by atoms with E-state index in [4.69, 9.17) is 10.5 Å².